The Morgan fingerprint density at radius 3 is 2.64 bits per heavy atom. The number of benzene rings is 2. The molecule has 2 fully saturated rings. The summed E-state index contributed by atoms with van der Waals surface area (Å²) < 4.78 is 27.1. The lowest BCUT2D eigenvalue weighted by Crippen LogP contribution is -2.56. The van der Waals surface area contributed by atoms with Gasteiger partial charge < -0.3 is 14.0 Å². The fourth-order valence-electron chi connectivity index (χ4n) is 5.47. The monoisotopic (exact) mass is 487 g/mol. The number of halogens is 1. The Morgan fingerprint density at radius 2 is 1.92 bits per heavy atom. The number of anilines is 1. The summed E-state index contributed by atoms with van der Waals surface area (Å²) in [6.45, 7) is 4.17. The summed E-state index contributed by atoms with van der Waals surface area (Å²) in [5.74, 6) is 1.56. The van der Waals surface area contributed by atoms with E-state index in [1.165, 1.54) is 17.7 Å². The van der Waals surface area contributed by atoms with E-state index in [0.29, 0.717) is 13.2 Å². The van der Waals surface area contributed by atoms with Gasteiger partial charge in [-0.15, -0.1) is 0 Å². The van der Waals surface area contributed by atoms with Gasteiger partial charge in [-0.2, -0.15) is 0 Å². The molecule has 0 bridgehead atoms. The molecule has 4 heterocycles. The number of fused-ring (bicyclic) bond motifs is 1. The molecule has 3 aliphatic heterocycles. The van der Waals surface area contributed by atoms with Crippen LogP contribution in [-0.2, 0) is 4.74 Å². The number of rotatable bonds is 4. The maximum absolute atomic E-state index is 13.7. The van der Waals surface area contributed by atoms with E-state index >= 15 is 0 Å². The summed E-state index contributed by atoms with van der Waals surface area (Å²) in [6, 6.07) is 13.0. The molecule has 0 atom stereocenters. The molecule has 0 aliphatic carbocycles. The molecule has 8 heteroatoms. The van der Waals surface area contributed by atoms with Gasteiger partial charge in [0, 0.05) is 25.6 Å². The summed E-state index contributed by atoms with van der Waals surface area (Å²) in [5, 5.41) is 4.57. The molecule has 0 unspecified atom stereocenters. The second kappa shape index (κ2) is 9.09. The lowest BCUT2D eigenvalue weighted by atomic mass is 9.99. The zero-order valence-corrected chi connectivity index (χ0v) is 20.7. The molecule has 0 N–H and O–H groups in total. The number of imidazole rings is 1. The quantitative estimate of drug-likeness (QED) is 0.510. The summed E-state index contributed by atoms with van der Waals surface area (Å²) in [7, 11) is 1.69. The SMILES string of the molecule is COc1cc(/C=C2/CCCN3C2=NC2(CCOCC2)N3c2ccc(F)cc2)ccc1-n1cnc(C)c1. The van der Waals surface area contributed by atoms with Crippen molar-refractivity contribution in [3.8, 4) is 11.4 Å². The molecule has 6 rings (SSSR count). The number of methoxy groups -OCH3 is 1. The number of aryl methyl sites for hydroxylation is 1. The van der Waals surface area contributed by atoms with Gasteiger partial charge in [0.1, 0.15) is 17.4 Å². The Hall–Kier alpha value is -3.65. The fraction of sp³-hybridized carbons (Fsp3) is 0.357. The normalized spacial score (nSPS) is 20.1. The highest BCUT2D eigenvalue weighted by Crippen LogP contribution is 2.43. The van der Waals surface area contributed by atoms with Crippen molar-refractivity contribution in [1.82, 2.24) is 14.6 Å². The summed E-state index contributed by atoms with van der Waals surface area (Å²) in [6.07, 6.45) is 9.56. The zero-order valence-electron chi connectivity index (χ0n) is 20.7. The van der Waals surface area contributed by atoms with E-state index in [2.05, 4.69) is 39.3 Å². The van der Waals surface area contributed by atoms with E-state index < -0.39 is 5.66 Å². The predicted octanol–water partition coefficient (Wildman–Crippen LogP) is 5.15. The standard InChI is InChI=1S/C28H30FN5O2/c1-20-18-32(19-30-20)25-10-5-21(17-26(25)35-2)16-22-4-3-13-33-27(22)31-28(11-14-36-15-12-28)34(33)24-8-6-23(29)7-9-24/h5-10,16-19H,3-4,11-15H2,1-2H3/b22-16-. The van der Waals surface area contributed by atoms with Crippen molar-refractivity contribution in [1.29, 1.82) is 0 Å². The average Bonchev–Trinajstić information content (AvgIpc) is 3.46. The average molecular weight is 488 g/mol. The van der Waals surface area contributed by atoms with Crippen LogP contribution in [0.1, 0.15) is 36.9 Å². The van der Waals surface area contributed by atoms with Crippen molar-refractivity contribution >= 4 is 17.6 Å². The molecular weight excluding hydrogens is 457 g/mol. The molecule has 2 aromatic carbocycles. The minimum absolute atomic E-state index is 0.234. The molecule has 186 valence electrons. The van der Waals surface area contributed by atoms with Gasteiger partial charge in [0.05, 0.1) is 43.7 Å². The molecule has 2 saturated heterocycles. The van der Waals surface area contributed by atoms with Crippen molar-refractivity contribution in [2.45, 2.75) is 38.3 Å². The highest BCUT2D eigenvalue weighted by Gasteiger charge is 2.49. The second-order valence-electron chi connectivity index (χ2n) is 9.57. The predicted molar refractivity (Wildman–Crippen MR) is 138 cm³/mol. The summed E-state index contributed by atoms with van der Waals surface area (Å²) >= 11 is 0. The van der Waals surface area contributed by atoms with Crippen LogP contribution >= 0.6 is 0 Å². The highest BCUT2D eigenvalue weighted by molar-refractivity contribution is 6.05. The van der Waals surface area contributed by atoms with E-state index in [1.807, 2.05) is 29.8 Å². The molecule has 1 aromatic heterocycles. The number of hydrazine groups is 1. The molecular formula is C28H30FN5O2. The Labute approximate surface area is 210 Å². The van der Waals surface area contributed by atoms with Crippen molar-refractivity contribution in [2.75, 3.05) is 31.9 Å². The first-order chi connectivity index (χ1) is 17.6. The molecule has 36 heavy (non-hydrogen) atoms. The Morgan fingerprint density at radius 1 is 1.11 bits per heavy atom. The number of ether oxygens (including phenoxy) is 2. The van der Waals surface area contributed by atoms with Crippen LogP contribution in [-0.4, -0.2) is 52.9 Å². The van der Waals surface area contributed by atoms with Gasteiger partial charge in [-0.1, -0.05) is 6.07 Å². The topological polar surface area (TPSA) is 55.1 Å². The number of hydrogen-bond acceptors (Lipinski definition) is 6. The van der Waals surface area contributed by atoms with Gasteiger partial charge in [-0.25, -0.2) is 14.4 Å². The van der Waals surface area contributed by atoms with Crippen molar-refractivity contribution in [3.63, 3.8) is 0 Å². The van der Waals surface area contributed by atoms with E-state index in [0.717, 1.165) is 66.4 Å². The van der Waals surface area contributed by atoms with E-state index in [-0.39, 0.29) is 5.82 Å². The highest BCUT2D eigenvalue weighted by atomic mass is 19.1. The minimum atomic E-state index is -0.407. The first-order valence-electron chi connectivity index (χ1n) is 12.5. The summed E-state index contributed by atoms with van der Waals surface area (Å²) in [4.78, 5) is 9.69. The maximum atomic E-state index is 13.7. The third-order valence-electron chi connectivity index (χ3n) is 7.20. The largest absolute Gasteiger partial charge is 0.495 e. The Kier molecular flexibility index (Phi) is 5.76. The third kappa shape index (κ3) is 3.95. The van der Waals surface area contributed by atoms with Gasteiger partial charge in [0.25, 0.3) is 0 Å². The van der Waals surface area contributed by atoms with E-state index in [1.54, 1.807) is 13.4 Å². The summed E-state index contributed by atoms with van der Waals surface area (Å²) in [5.41, 5.74) is 4.72. The molecule has 7 nitrogen and oxygen atoms in total. The van der Waals surface area contributed by atoms with Crippen LogP contribution in [0.2, 0.25) is 0 Å². The van der Waals surface area contributed by atoms with Gasteiger partial charge >= 0.3 is 0 Å². The Balaban J connectivity index is 1.38. The molecule has 0 saturated carbocycles. The number of aromatic nitrogens is 2. The van der Waals surface area contributed by atoms with Gasteiger partial charge in [0.2, 0.25) is 0 Å². The molecule has 3 aliphatic rings. The molecule has 1 spiro atoms. The van der Waals surface area contributed by atoms with Gasteiger partial charge in [0.15, 0.2) is 5.66 Å². The number of amidine groups is 1. The van der Waals surface area contributed by atoms with E-state index in [9.17, 15) is 4.39 Å². The van der Waals surface area contributed by atoms with Crippen LogP contribution in [0.5, 0.6) is 5.75 Å². The number of hydrogen-bond donors (Lipinski definition) is 0. The first kappa shape index (κ1) is 22.8. The fourth-order valence-corrected chi connectivity index (χ4v) is 5.47. The van der Waals surface area contributed by atoms with Crippen molar-refractivity contribution in [3.05, 3.63) is 77.6 Å². The Bertz CT molecular complexity index is 1320. The zero-order chi connectivity index (χ0) is 24.7. The number of piperidine rings is 1. The van der Waals surface area contributed by atoms with Crippen LogP contribution < -0.4 is 9.75 Å². The minimum Gasteiger partial charge on any atom is -0.495 e. The van der Waals surface area contributed by atoms with E-state index in [4.69, 9.17) is 14.5 Å². The van der Waals surface area contributed by atoms with Crippen LogP contribution in [0, 0.1) is 12.7 Å². The molecule has 0 radical (unpaired) electrons. The van der Waals surface area contributed by atoms with Crippen LogP contribution in [0.4, 0.5) is 10.1 Å². The van der Waals surface area contributed by atoms with Crippen LogP contribution in [0.3, 0.4) is 0 Å². The lowest BCUT2D eigenvalue weighted by molar-refractivity contribution is 0.0460. The van der Waals surface area contributed by atoms with Crippen molar-refractivity contribution < 1.29 is 13.9 Å². The number of nitrogens with zero attached hydrogens (tertiary/aromatic N) is 5. The van der Waals surface area contributed by atoms with Crippen molar-refractivity contribution in [2.24, 2.45) is 4.99 Å². The smallest absolute Gasteiger partial charge is 0.157 e. The molecule has 0 amide bonds. The van der Waals surface area contributed by atoms with Crippen LogP contribution in [0.25, 0.3) is 11.8 Å². The number of aliphatic imine (C=N–C) groups is 1. The third-order valence-corrected chi connectivity index (χ3v) is 7.20. The van der Waals surface area contributed by atoms with Crippen LogP contribution in [0.15, 0.2) is 65.6 Å². The lowest BCUT2D eigenvalue weighted by Gasteiger charge is -2.45. The second-order valence-corrected chi connectivity index (χ2v) is 9.57. The molecule has 3 aromatic rings. The van der Waals surface area contributed by atoms with Gasteiger partial charge in [-0.3, -0.25) is 10.0 Å². The maximum Gasteiger partial charge on any atom is 0.157 e. The van der Waals surface area contributed by atoms with Gasteiger partial charge in [-0.05, 0) is 73.4 Å². The first-order valence-corrected chi connectivity index (χ1v) is 12.5.